The molecule has 3 nitrogen and oxygen atoms in total. The molecule has 0 bridgehead atoms. The molecular weight excluding hydrogens is 255 g/mol. The van der Waals surface area contributed by atoms with E-state index in [0.29, 0.717) is 11.5 Å². The molecule has 0 aliphatic rings. The van der Waals surface area contributed by atoms with Crippen molar-refractivity contribution in [3.05, 3.63) is 17.6 Å². The summed E-state index contributed by atoms with van der Waals surface area (Å²) in [5.74, 6) is 0.813. The average molecular weight is 268 g/mol. The van der Waals surface area contributed by atoms with Crippen molar-refractivity contribution >= 4 is 17.4 Å². The van der Waals surface area contributed by atoms with Gasteiger partial charge in [0, 0.05) is 24.2 Å². The molecule has 0 amide bonds. The molecule has 0 aliphatic heterocycles. The molecule has 96 valence electrons. The van der Waals surface area contributed by atoms with Gasteiger partial charge in [-0.1, -0.05) is 0 Å². The summed E-state index contributed by atoms with van der Waals surface area (Å²) in [6.45, 7) is 2.39. The van der Waals surface area contributed by atoms with Crippen LogP contribution in [0.5, 0.6) is 0 Å². The van der Waals surface area contributed by atoms with Crippen molar-refractivity contribution in [1.29, 1.82) is 0 Å². The van der Waals surface area contributed by atoms with E-state index in [1.54, 1.807) is 13.8 Å². The summed E-state index contributed by atoms with van der Waals surface area (Å²) < 4.78 is 37.2. The zero-order chi connectivity index (χ0) is 13.1. The number of anilines is 1. The third-order valence-corrected chi connectivity index (χ3v) is 2.17. The van der Waals surface area contributed by atoms with E-state index in [9.17, 15) is 13.2 Å². The average Bonchev–Trinajstić information content (AvgIpc) is 2.13. The first-order valence-electron chi connectivity index (χ1n) is 5.02. The largest absolute Gasteiger partial charge is 0.405 e. The number of rotatable bonds is 4. The van der Waals surface area contributed by atoms with E-state index in [1.807, 2.05) is 0 Å². The van der Waals surface area contributed by atoms with Crippen molar-refractivity contribution in [3.8, 4) is 0 Å². The zero-order valence-corrected chi connectivity index (χ0v) is 10.3. The van der Waals surface area contributed by atoms with Crippen LogP contribution in [0.4, 0.5) is 19.0 Å². The quantitative estimate of drug-likeness (QED) is 0.786. The van der Waals surface area contributed by atoms with E-state index < -0.39 is 12.7 Å². The van der Waals surface area contributed by atoms with Gasteiger partial charge in [-0.15, -0.1) is 11.6 Å². The number of nitrogens with zero attached hydrogens (tertiary/aromatic N) is 3. The van der Waals surface area contributed by atoms with Crippen LogP contribution in [-0.4, -0.2) is 35.1 Å². The minimum atomic E-state index is -4.28. The van der Waals surface area contributed by atoms with E-state index in [2.05, 4.69) is 9.97 Å². The van der Waals surface area contributed by atoms with E-state index >= 15 is 0 Å². The molecule has 7 heteroatoms. The van der Waals surface area contributed by atoms with E-state index in [-0.39, 0.29) is 18.2 Å². The summed E-state index contributed by atoms with van der Waals surface area (Å²) in [6.07, 6.45) is -4.28. The Bertz CT molecular complexity index is 361. The first-order chi connectivity index (χ1) is 7.81. The second kappa shape index (κ2) is 5.53. The third-order valence-electron chi connectivity index (χ3n) is 2.00. The first-order valence-corrected chi connectivity index (χ1v) is 5.55. The summed E-state index contributed by atoms with van der Waals surface area (Å²) in [6, 6.07) is 1.52. The maximum Gasteiger partial charge on any atom is 0.405 e. The number of halogens is 4. The first kappa shape index (κ1) is 14.0. The molecule has 0 saturated heterocycles. The fourth-order valence-electron chi connectivity index (χ4n) is 1.45. The second-order valence-corrected chi connectivity index (χ2v) is 4.02. The Balaban J connectivity index is 2.96. The summed E-state index contributed by atoms with van der Waals surface area (Å²) in [4.78, 5) is 9.12. The molecule has 0 fully saturated rings. The lowest BCUT2D eigenvalue weighted by Gasteiger charge is -2.24. The van der Waals surface area contributed by atoms with Gasteiger partial charge < -0.3 is 4.90 Å². The summed E-state index contributed by atoms with van der Waals surface area (Å²) in [5, 5.41) is 0. The molecule has 1 aromatic heterocycles. The van der Waals surface area contributed by atoms with Gasteiger partial charge in [0.15, 0.2) is 0 Å². The molecule has 0 saturated carbocycles. The molecule has 0 N–H and O–H groups in total. The van der Waals surface area contributed by atoms with Gasteiger partial charge in [-0.05, 0) is 13.8 Å². The van der Waals surface area contributed by atoms with Crippen molar-refractivity contribution in [2.24, 2.45) is 0 Å². The topological polar surface area (TPSA) is 29.0 Å². The van der Waals surface area contributed by atoms with Gasteiger partial charge in [-0.25, -0.2) is 9.97 Å². The van der Waals surface area contributed by atoms with Gasteiger partial charge in [-0.3, -0.25) is 0 Å². The van der Waals surface area contributed by atoms with E-state index in [4.69, 9.17) is 11.6 Å². The van der Waals surface area contributed by atoms with Crippen molar-refractivity contribution in [2.75, 3.05) is 23.9 Å². The van der Waals surface area contributed by atoms with E-state index in [0.717, 1.165) is 4.90 Å². The van der Waals surface area contributed by atoms with E-state index in [1.165, 1.54) is 6.07 Å². The zero-order valence-electron chi connectivity index (χ0n) is 9.55. The molecule has 0 atom stereocenters. The van der Waals surface area contributed by atoms with Gasteiger partial charge in [0.05, 0.1) is 0 Å². The van der Waals surface area contributed by atoms with Crippen LogP contribution in [0.3, 0.4) is 0 Å². The molecule has 1 aromatic rings. The van der Waals surface area contributed by atoms with Crippen LogP contribution in [0.15, 0.2) is 6.07 Å². The minimum Gasteiger partial charge on any atom is -0.346 e. The molecule has 0 aliphatic carbocycles. The molecule has 17 heavy (non-hydrogen) atoms. The molecule has 1 heterocycles. The maximum absolute atomic E-state index is 12.4. The highest BCUT2D eigenvalue weighted by atomic mass is 35.5. The second-order valence-electron chi connectivity index (χ2n) is 3.64. The Morgan fingerprint density at radius 1 is 1.29 bits per heavy atom. The van der Waals surface area contributed by atoms with Gasteiger partial charge in [0.1, 0.15) is 18.2 Å². The van der Waals surface area contributed by atoms with Crippen LogP contribution in [-0.2, 0) is 0 Å². The fourth-order valence-corrected chi connectivity index (χ4v) is 1.66. The predicted molar refractivity (Wildman–Crippen MR) is 60.5 cm³/mol. The molecule has 0 spiro atoms. The standard InChI is InChI=1S/C10H13ClF3N3/c1-7-5-9(16-8(2)15-7)17(4-3-11)6-10(12,13)14/h5H,3-4,6H2,1-2H3. The number of alkyl halides is 4. The number of aromatic nitrogens is 2. The lowest BCUT2D eigenvalue weighted by Crippen LogP contribution is -2.36. The van der Waals surface area contributed by atoms with Gasteiger partial charge in [0.2, 0.25) is 0 Å². The predicted octanol–water partition coefficient (Wildman–Crippen LogP) is 2.70. The van der Waals surface area contributed by atoms with Crippen molar-refractivity contribution in [3.63, 3.8) is 0 Å². The minimum absolute atomic E-state index is 0.0942. The Hall–Kier alpha value is -1.04. The van der Waals surface area contributed by atoms with Crippen LogP contribution in [0.25, 0.3) is 0 Å². The lowest BCUT2D eigenvalue weighted by atomic mass is 10.3. The Morgan fingerprint density at radius 3 is 2.41 bits per heavy atom. The highest BCUT2D eigenvalue weighted by Crippen LogP contribution is 2.21. The normalized spacial score (nSPS) is 11.6. The van der Waals surface area contributed by atoms with Gasteiger partial charge in [-0.2, -0.15) is 13.2 Å². The van der Waals surface area contributed by atoms with Gasteiger partial charge in [0.25, 0.3) is 0 Å². The maximum atomic E-state index is 12.4. The van der Waals surface area contributed by atoms with Gasteiger partial charge >= 0.3 is 6.18 Å². The van der Waals surface area contributed by atoms with Crippen LogP contribution < -0.4 is 4.90 Å². The van der Waals surface area contributed by atoms with Crippen LogP contribution in [0.2, 0.25) is 0 Å². The number of hydrogen-bond acceptors (Lipinski definition) is 3. The Morgan fingerprint density at radius 2 is 1.94 bits per heavy atom. The Labute approximate surface area is 103 Å². The van der Waals surface area contributed by atoms with Crippen LogP contribution in [0.1, 0.15) is 11.5 Å². The molecule has 0 aromatic carbocycles. The highest BCUT2D eigenvalue weighted by molar-refractivity contribution is 6.18. The van der Waals surface area contributed by atoms with Crippen molar-refractivity contribution in [2.45, 2.75) is 20.0 Å². The van der Waals surface area contributed by atoms with Crippen molar-refractivity contribution in [1.82, 2.24) is 9.97 Å². The molecule has 0 radical (unpaired) electrons. The smallest absolute Gasteiger partial charge is 0.346 e. The monoisotopic (exact) mass is 267 g/mol. The highest BCUT2D eigenvalue weighted by Gasteiger charge is 2.31. The third kappa shape index (κ3) is 4.77. The number of aryl methyl sites for hydroxylation is 2. The summed E-state index contributed by atoms with van der Waals surface area (Å²) in [7, 11) is 0. The molecule has 0 unspecified atom stereocenters. The van der Waals surface area contributed by atoms with Crippen LogP contribution in [0, 0.1) is 13.8 Å². The van der Waals surface area contributed by atoms with Crippen molar-refractivity contribution < 1.29 is 13.2 Å². The molecular formula is C10H13ClF3N3. The lowest BCUT2D eigenvalue weighted by molar-refractivity contribution is -0.119. The summed E-state index contributed by atoms with van der Waals surface area (Å²) >= 11 is 5.50. The summed E-state index contributed by atoms with van der Waals surface area (Å²) in [5.41, 5.74) is 0.634. The van der Waals surface area contributed by atoms with Crippen LogP contribution >= 0.6 is 11.6 Å². The fraction of sp³-hybridized carbons (Fsp3) is 0.600. The molecule has 1 rings (SSSR count). The Kier molecular flexibility index (Phi) is 4.56. The number of hydrogen-bond donors (Lipinski definition) is 0. The SMILES string of the molecule is Cc1cc(N(CCCl)CC(F)(F)F)nc(C)n1.